The number of ether oxygens (including phenoxy) is 2. The van der Waals surface area contributed by atoms with Crippen LogP contribution in [0, 0.1) is 12.8 Å². The molecular formula is C21H36IN3O3. The molecule has 2 N–H and O–H groups in total. The second-order valence-electron chi connectivity index (χ2n) is 7.44. The normalized spacial score (nSPS) is 18.7. The molecule has 0 bridgehead atoms. The van der Waals surface area contributed by atoms with Crippen molar-refractivity contribution in [2.45, 2.75) is 39.9 Å². The van der Waals surface area contributed by atoms with Crippen molar-refractivity contribution in [1.82, 2.24) is 10.2 Å². The molecule has 2 rings (SSSR count). The van der Waals surface area contributed by atoms with Crippen molar-refractivity contribution in [3.8, 4) is 0 Å². The highest BCUT2D eigenvalue weighted by molar-refractivity contribution is 14.0. The molecule has 0 radical (unpaired) electrons. The van der Waals surface area contributed by atoms with Gasteiger partial charge in [0.15, 0.2) is 5.96 Å². The Kier molecular flexibility index (Phi) is 12.0. The second-order valence-corrected chi connectivity index (χ2v) is 7.44. The van der Waals surface area contributed by atoms with Crippen molar-refractivity contribution >= 4 is 29.9 Å². The third kappa shape index (κ3) is 8.23. The summed E-state index contributed by atoms with van der Waals surface area (Å²) in [4.78, 5) is 6.85. The van der Waals surface area contributed by atoms with E-state index in [4.69, 9.17) is 9.47 Å². The predicted octanol–water partition coefficient (Wildman–Crippen LogP) is 2.99. The van der Waals surface area contributed by atoms with E-state index < -0.39 is 6.10 Å². The predicted molar refractivity (Wildman–Crippen MR) is 125 cm³/mol. The van der Waals surface area contributed by atoms with Crippen LogP contribution in [-0.2, 0) is 9.47 Å². The van der Waals surface area contributed by atoms with E-state index in [1.807, 2.05) is 6.07 Å². The van der Waals surface area contributed by atoms with Crippen molar-refractivity contribution < 1.29 is 14.6 Å². The molecule has 0 aliphatic carbocycles. The van der Waals surface area contributed by atoms with E-state index in [0.717, 1.165) is 25.6 Å². The van der Waals surface area contributed by atoms with Gasteiger partial charge < -0.3 is 24.8 Å². The number of rotatable bonds is 8. The van der Waals surface area contributed by atoms with Gasteiger partial charge in [0, 0.05) is 19.7 Å². The zero-order valence-corrected chi connectivity index (χ0v) is 19.9. The van der Waals surface area contributed by atoms with Crippen LogP contribution in [-0.4, -0.2) is 68.1 Å². The van der Waals surface area contributed by atoms with E-state index in [1.165, 1.54) is 11.1 Å². The minimum atomic E-state index is -0.592. The van der Waals surface area contributed by atoms with E-state index in [1.54, 1.807) is 0 Å². The number of nitrogens with zero attached hydrogens (tertiary/aromatic N) is 2. The maximum absolute atomic E-state index is 10.1. The number of aryl methyl sites for hydroxylation is 1. The maximum atomic E-state index is 10.1. The lowest BCUT2D eigenvalue weighted by molar-refractivity contribution is -0.00857. The van der Waals surface area contributed by atoms with E-state index in [2.05, 4.69) is 61.1 Å². The smallest absolute Gasteiger partial charge is 0.194 e. The van der Waals surface area contributed by atoms with Gasteiger partial charge in [-0.1, -0.05) is 38.1 Å². The highest BCUT2D eigenvalue weighted by Crippen LogP contribution is 2.24. The molecule has 2 unspecified atom stereocenters. The van der Waals surface area contributed by atoms with Gasteiger partial charge in [0.1, 0.15) is 6.10 Å². The maximum Gasteiger partial charge on any atom is 0.194 e. The molecule has 1 aliphatic rings. The molecule has 28 heavy (non-hydrogen) atoms. The Bertz CT molecular complexity index is 598. The van der Waals surface area contributed by atoms with Crippen molar-refractivity contribution in [2.24, 2.45) is 10.9 Å². The number of halogens is 1. The lowest BCUT2D eigenvalue weighted by Crippen LogP contribution is -2.48. The number of nitrogens with one attached hydrogen (secondary N) is 1. The molecule has 0 saturated carbocycles. The lowest BCUT2D eigenvalue weighted by Gasteiger charge is -2.36. The van der Waals surface area contributed by atoms with Crippen molar-refractivity contribution in [3.05, 3.63) is 35.4 Å². The van der Waals surface area contributed by atoms with Crippen LogP contribution in [0.15, 0.2) is 29.3 Å². The first kappa shape index (κ1) is 25.1. The molecule has 0 spiro atoms. The van der Waals surface area contributed by atoms with E-state index in [-0.39, 0.29) is 30.1 Å². The number of guanidine groups is 1. The average Bonchev–Trinajstić information content (AvgIpc) is 2.65. The van der Waals surface area contributed by atoms with Gasteiger partial charge >= 0.3 is 0 Å². The first-order chi connectivity index (χ1) is 13.0. The second kappa shape index (κ2) is 13.3. The minimum absolute atomic E-state index is 0. The zero-order valence-electron chi connectivity index (χ0n) is 17.6. The molecule has 1 aliphatic heterocycles. The van der Waals surface area contributed by atoms with Gasteiger partial charge in [-0.25, -0.2) is 0 Å². The summed E-state index contributed by atoms with van der Waals surface area (Å²) in [5.41, 5.74) is 2.46. The molecule has 1 fully saturated rings. The Morgan fingerprint density at radius 3 is 2.79 bits per heavy atom. The summed E-state index contributed by atoms with van der Waals surface area (Å²) in [5.74, 6) is 1.28. The lowest BCUT2D eigenvalue weighted by atomic mass is 10.0. The molecule has 1 aromatic carbocycles. The van der Waals surface area contributed by atoms with Gasteiger partial charge in [0.05, 0.1) is 32.4 Å². The highest BCUT2D eigenvalue weighted by atomic mass is 127. The van der Waals surface area contributed by atoms with Crippen molar-refractivity contribution in [2.75, 3.05) is 46.0 Å². The van der Waals surface area contributed by atoms with Crippen LogP contribution < -0.4 is 5.32 Å². The van der Waals surface area contributed by atoms with E-state index in [9.17, 15) is 5.11 Å². The van der Waals surface area contributed by atoms with Gasteiger partial charge in [-0.15, -0.1) is 24.0 Å². The Balaban J connectivity index is 0.00000392. The third-order valence-corrected chi connectivity index (χ3v) is 4.45. The van der Waals surface area contributed by atoms with E-state index >= 15 is 0 Å². The van der Waals surface area contributed by atoms with Gasteiger partial charge in [0.25, 0.3) is 0 Å². The fraction of sp³-hybridized carbons (Fsp3) is 0.667. The Hall–Kier alpha value is -0.900. The van der Waals surface area contributed by atoms with Crippen LogP contribution in [0.3, 0.4) is 0 Å². The van der Waals surface area contributed by atoms with Crippen LogP contribution in [0.4, 0.5) is 0 Å². The summed E-state index contributed by atoms with van der Waals surface area (Å²) in [7, 11) is 0. The monoisotopic (exact) mass is 505 g/mol. The number of benzene rings is 1. The van der Waals surface area contributed by atoms with Gasteiger partial charge in [0.2, 0.25) is 0 Å². The number of aliphatic imine (C=N–C) groups is 1. The molecule has 7 heteroatoms. The van der Waals surface area contributed by atoms with Gasteiger partial charge in [-0.2, -0.15) is 0 Å². The molecule has 2 atom stereocenters. The summed E-state index contributed by atoms with van der Waals surface area (Å²) >= 11 is 0. The summed E-state index contributed by atoms with van der Waals surface area (Å²) in [6.07, 6.45) is -0.561. The quantitative estimate of drug-likeness (QED) is 0.323. The first-order valence-electron chi connectivity index (χ1n) is 9.97. The standard InChI is InChI=1S/C21H35N3O3.HI/c1-5-22-21(23-12-18(25)15-26-14-16(2)3)24-10-11-27-20(13-24)19-9-7-6-8-17(19)4;/h6-9,16,18,20,25H,5,10-15H2,1-4H3,(H,22,23);1H. The van der Waals surface area contributed by atoms with Gasteiger partial charge in [-0.3, -0.25) is 4.99 Å². The molecular weight excluding hydrogens is 469 g/mol. The summed E-state index contributed by atoms with van der Waals surface area (Å²) < 4.78 is 11.5. The summed E-state index contributed by atoms with van der Waals surface area (Å²) in [6, 6.07) is 8.35. The molecule has 0 aromatic heterocycles. The van der Waals surface area contributed by atoms with Crippen LogP contribution in [0.2, 0.25) is 0 Å². The average molecular weight is 505 g/mol. The summed E-state index contributed by atoms with van der Waals surface area (Å²) in [5, 5.41) is 13.5. The number of hydrogen-bond acceptors (Lipinski definition) is 4. The van der Waals surface area contributed by atoms with Crippen molar-refractivity contribution in [3.63, 3.8) is 0 Å². The van der Waals surface area contributed by atoms with E-state index in [0.29, 0.717) is 32.3 Å². The van der Waals surface area contributed by atoms with Gasteiger partial charge in [-0.05, 0) is 30.9 Å². The fourth-order valence-electron chi connectivity index (χ4n) is 3.09. The van der Waals surface area contributed by atoms with Crippen molar-refractivity contribution in [1.29, 1.82) is 0 Å². The van der Waals surface area contributed by atoms with Crippen LogP contribution in [0.25, 0.3) is 0 Å². The minimum Gasteiger partial charge on any atom is -0.389 e. The summed E-state index contributed by atoms with van der Waals surface area (Å²) in [6.45, 7) is 12.6. The topological polar surface area (TPSA) is 66.3 Å². The number of morpholine rings is 1. The Morgan fingerprint density at radius 1 is 1.36 bits per heavy atom. The third-order valence-electron chi connectivity index (χ3n) is 4.45. The number of aliphatic hydroxyl groups is 1. The van der Waals surface area contributed by atoms with Crippen LogP contribution in [0.5, 0.6) is 0 Å². The first-order valence-corrected chi connectivity index (χ1v) is 9.97. The highest BCUT2D eigenvalue weighted by Gasteiger charge is 2.25. The molecule has 1 saturated heterocycles. The Morgan fingerprint density at radius 2 is 2.11 bits per heavy atom. The molecule has 6 nitrogen and oxygen atoms in total. The molecule has 1 aromatic rings. The molecule has 0 amide bonds. The number of hydrogen-bond donors (Lipinski definition) is 2. The largest absolute Gasteiger partial charge is 0.389 e. The zero-order chi connectivity index (χ0) is 19.6. The van der Waals surface area contributed by atoms with Crippen LogP contribution in [0.1, 0.15) is 38.0 Å². The molecule has 160 valence electrons. The SMILES string of the molecule is CCNC(=NCC(O)COCC(C)C)N1CCOC(c2ccccc2C)C1.I. The Labute approximate surface area is 186 Å². The fourth-order valence-corrected chi connectivity index (χ4v) is 3.09. The number of aliphatic hydroxyl groups excluding tert-OH is 1. The molecule has 1 heterocycles. The van der Waals surface area contributed by atoms with Crippen LogP contribution >= 0.6 is 24.0 Å².